The van der Waals surface area contributed by atoms with Crippen molar-refractivity contribution in [3.63, 3.8) is 0 Å². The van der Waals surface area contributed by atoms with Gasteiger partial charge in [-0.1, -0.05) is 44.9 Å². The van der Waals surface area contributed by atoms with E-state index >= 15 is 0 Å². The molecule has 8 heteroatoms. The Balaban J connectivity index is 1.69. The van der Waals surface area contributed by atoms with Gasteiger partial charge in [0.25, 0.3) is 5.91 Å². The van der Waals surface area contributed by atoms with E-state index in [9.17, 15) is 18.0 Å². The molecule has 1 aliphatic carbocycles. The Morgan fingerprint density at radius 3 is 2.24 bits per heavy atom. The number of nitrogens with zero attached hydrogens (tertiary/aromatic N) is 2. The molecule has 0 radical (unpaired) electrons. The molecule has 1 aromatic heterocycles. The van der Waals surface area contributed by atoms with Crippen LogP contribution in [0.1, 0.15) is 87.9 Å². The minimum Gasteiger partial charge on any atom is -0.349 e. The van der Waals surface area contributed by atoms with E-state index in [-0.39, 0.29) is 27.8 Å². The minimum atomic E-state index is -3.69. The van der Waals surface area contributed by atoms with Crippen LogP contribution in [0.5, 0.6) is 0 Å². The Kier molecular flexibility index (Phi) is 8.09. The Hall–Kier alpha value is -2.19. The van der Waals surface area contributed by atoms with Crippen LogP contribution in [0.2, 0.25) is 0 Å². The highest BCUT2D eigenvalue weighted by molar-refractivity contribution is 7.89. The third-order valence-corrected chi connectivity index (χ3v) is 9.17. The topological polar surface area (TPSA) is 88.5 Å². The lowest BCUT2D eigenvalue weighted by Gasteiger charge is -2.22. The van der Waals surface area contributed by atoms with Gasteiger partial charge < -0.3 is 9.88 Å². The molecule has 1 N–H and O–H groups in total. The highest BCUT2D eigenvalue weighted by Crippen LogP contribution is 2.24. The monoisotopic (exact) mass is 487 g/mol. The number of nitrogens with one attached hydrogen (secondary N) is 1. The molecule has 0 spiro atoms. The van der Waals surface area contributed by atoms with Crippen molar-refractivity contribution in [3.05, 3.63) is 40.2 Å². The molecule has 1 aromatic carbocycles. The first kappa shape index (κ1) is 24.9. The summed E-state index contributed by atoms with van der Waals surface area (Å²) in [6.45, 7) is 3.52. The molecular weight excluding hydrogens is 450 g/mol. The fourth-order valence-corrected chi connectivity index (χ4v) is 6.80. The van der Waals surface area contributed by atoms with Gasteiger partial charge in [0.2, 0.25) is 15.5 Å². The van der Waals surface area contributed by atoms with Crippen molar-refractivity contribution < 1.29 is 13.2 Å². The van der Waals surface area contributed by atoms with E-state index in [4.69, 9.17) is 0 Å². The van der Waals surface area contributed by atoms with E-state index in [1.807, 2.05) is 11.5 Å². The van der Waals surface area contributed by atoms with Crippen molar-refractivity contribution in [3.8, 4) is 0 Å². The Labute approximate surface area is 202 Å². The van der Waals surface area contributed by atoms with E-state index < -0.39 is 15.5 Å². The average molecular weight is 488 g/mol. The summed E-state index contributed by atoms with van der Waals surface area (Å²) in [5.41, 5.74) is 0.321. The summed E-state index contributed by atoms with van der Waals surface area (Å²) >= 11 is 0. The van der Waals surface area contributed by atoms with Gasteiger partial charge in [-0.25, -0.2) is 8.42 Å². The first-order valence-corrected chi connectivity index (χ1v) is 14.3. The number of pyridine rings is 1. The molecular formula is C26H37N3O4S. The van der Waals surface area contributed by atoms with Crippen molar-refractivity contribution >= 4 is 26.8 Å². The van der Waals surface area contributed by atoms with Gasteiger partial charge in [0.15, 0.2) is 0 Å². The predicted octanol–water partition coefficient (Wildman–Crippen LogP) is 4.43. The summed E-state index contributed by atoms with van der Waals surface area (Å²) in [6.07, 6.45) is 13.0. The zero-order valence-electron chi connectivity index (χ0n) is 20.2. The van der Waals surface area contributed by atoms with Crippen LogP contribution in [0.25, 0.3) is 10.9 Å². The predicted molar refractivity (Wildman–Crippen MR) is 135 cm³/mol. The van der Waals surface area contributed by atoms with Gasteiger partial charge >= 0.3 is 0 Å². The molecule has 34 heavy (non-hydrogen) atoms. The molecule has 0 bridgehead atoms. The molecule has 0 atom stereocenters. The van der Waals surface area contributed by atoms with Crippen LogP contribution in [-0.2, 0) is 16.6 Å². The summed E-state index contributed by atoms with van der Waals surface area (Å²) in [6, 6.07) is 4.83. The van der Waals surface area contributed by atoms with Crippen LogP contribution in [-0.4, -0.2) is 42.3 Å². The molecule has 0 unspecified atom stereocenters. The van der Waals surface area contributed by atoms with Gasteiger partial charge in [-0.15, -0.1) is 0 Å². The molecule has 1 aliphatic heterocycles. The quantitative estimate of drug-likeness (QED) is 0.676. The molecule has 7 nitrogen and oxygen atoms in total. The highest BCUT2D eigenvalue weighted by Gasteiger charge is 2.26. The molecule has 186 valence electrons. The number of carbonyl (C=O) groups is 1. The fraction of sp³-hybridized carbons (Fsp3) is 0.615. The van der Waals surface area contributed by atoms with E-state index in [2.05, 4.69) is 5.32 Å². The zero-order valence-corrected chi connectivity index (χ0v) is 21.0. The fourth-order valence-electron chi connectivity index (χ4n) is 5.26. The van der Waals surface area contributed by atoms with Crippen LogP contribution in [0, 0.1) is 0 Å². The molecule has 2 heterocycles. The number of aromatic nitrogens is 1. The van der Waals surface area contributed by atoms with E-state index in [1.165, 1.54) is 29.6 Å². The lowest BCUT2D eigenvalue weighted by molar-refractivity contribution is 0.0929. The number of carbonyl (C=O) groups excluding carboxylic acids is 1. The van der Waals surface area contributed by atoms with Crippen LogP contribution in [0.4, 0.5) is 0 Å². The van der Waals surface area contributed by atoms with E-state index in [1.54, 1.807) is 18.3 Å². The summed E-state index contributed by atoms with van der Waals surface area (Å²) in [5, 5.41) is 3.37. The maximum Gasteiger partial charge on any atom is 0.256 e. The number of fused-ring (bicyclic) bond motifs is 1. The standard InChI is InChI=1S/C26H37N3O4S/c1-2-28-19-23(26(31)27-20-12-8-4-3-5-9-13-20)25(30)22-18-21(14-15-24(22)28)34(32,33)29-16-10-6-7-11-17-29/h14-15,18-20H,2-13,16-17H2,1H3,(H,27,31). The van der Waals surface area contributed by atoms with Gasteiger partial charge in [-0.2, -0.15) is 4.31 Å². The Bertz CT molecular complexity index is 1170. The SMILES string of the molecule is CCn1cc(C(=O)NC2CCCCCCC2)c(=O)c2cc(S(=O)(=O)N3CCCCCC3)ccc21. The lowest BCUT2D eigenvalue weighted by atomic mass is 9.96. The van der Waals surface area contributed by atoms with Crippen LogP contribution < -0.4 is 10.7 Å². The number of sulfonamides is 1. The van der Waals surface area contributed by atoms with Gasteiger partial charge in [-0.3, -0.25) is 9.59 Å². The molecule has 2 fully saturated rings. The number of amides is 1. The second-order valence-electron chi connectivity index (χ2n) is 9.67. The Morgan fingerprint density at radius 1 is 0.971 bits per heavy atom. The van der Waals surface area contributed by atoms with Crippen molar-refractivity contribution in [2.45, 2.75) is 95.0 Å². The lowest BCUT2D eigenvalue weighted by Crippen LogP contribution is -2.38. The zero-order chi connectivity index (χ0) is 24.1. The number of rotatable bonds is 5. The van der Waals surface area contributed by atoms with Gasteiger partial charge in [0.1, 0.15) is 5.56 Å². The van der Waals surface area contributed by atoms with E-state index in [0.717, 1.165) is 51.4 Å². The number of aryl methyl sites for hydroxylation is 1. The number of benzene rings is 1. The highest BCUT2D eigenvalue weighted by atomic mass is 32.2. The number of hydrogen-bond donors (Lipinski definition) is 1. The smallest absolute Gasteiger partial charge is 0.256 e. The third kappa shape index (κ3) is 5.38. The van der Waals surface area contributed by atoms with Crippen LogP contribution in [0.3, 0.4) is 0 Å². The average Bonchev–Trinajstić information content (AvgIpc) is 3.11. The second kappa shape index (κ2) is 11.0. The number of hydrogen-bond acceptors (Lipinski definition) is 4. The third-order valence-electron chi connectivity index (χ3n) is 7.28. The first-order valence-electron chi connectivity index (χ1n) is 12.9. The molecule has 4 rings (SSSR count). The molecule has 2 aromatic rings. The van der Waals surface area contributed by atoms with Crippen molar-refractivity contribution in [2.75, 3.05) is 13.1 Å². The first-order chi connectivity index (χ1) is 16.4. The largest absolute Gasteiger partial charge is 0.349 e. The van der Waals surface area contributed by atoms with Gasteiger partial charge in [-0.05, 0) is 50.8 Å². The summed E-state index contributed by atoms with van der Waals surface area (Å²) in [7, 11) is -3.69. The molecule has 1 saturated heterocycles. The molecule has 1 amide bonds. The summed E-state index contributed by atoms with van der Waals surface area (Å²) < 4.78 is 30.0. The minimum absolute atomic E-state index is 0.0766. The van der Waals surface area contributed by atoms with Gasteiger partial charge in [0, 0.05) is 37.3 Å². The van der Waals surface area contributed by atoms with Crippen molar-refractivity contribution in [1.29, 1.82) is 0 Å². The van der Waals surface area contributed by atoms with Crippen LogP contribution >= 0.6 is 0 Å². The van der Waals surface area contributed by atoms with Crippen molar-refractivity contribution in [1.82, 2.24) is 14.2 Å². The molecule has 2 aliphatic rings. The van der Waals surface area contributed by atoms with Crippen LogP contribution in [0.15, 0.2) is 34.1 Å². The molecule has 1 saturated carbocycles. The second-order valence-corrected chi connectivity index (χ2v) is 11.6. The normalized spacial score (nSPS) is 19.3. The Morgan fingerprint density at radius 2 is 1.59 bits per heavy atom. The van der Waals surface area contributed by atoms with Crippen molar-refractivity contribution in [2.24, 2.45) is 0 Å². The van der Waals surface area contributed by atoms with Gasteiger partial charge in [0.05, 0.1) is 10.4 Å². The maximum atomic E-state index is 13.4. The van der Waals surface area contributed by atoms with E-state index in [0.29, 0.717) is 25.2 Å². The summed E-state index contributed by atoms with van der Waals surface area (Å²) in [5.74, 6) is -0.361. The maximum absolute atomic E-state index is 13.4. The summed E-state index contributed by atoms with van der Waals surface area (Å²) in [4.78, 5) is 26.7.